The number of nitrogens with zero attached hydrogens (tertiary/aromatic N) is 2. The van der Waals surface area contributed by atoms with Crippen LogP contribution in [0.1, 0.15) is 34.9 Å². The second kappa shape index (κ2) is 7.50. The molecule has 1 aromatic carbocycles. The van der Waals surface area contributed by atoms with E-state index in [0.29, 0.717) is 17.4 Å². The smallest absolute Gasteiger partial charge is 0.256 e. The Labute approximate surface area is 169 Å². The fourth-order valence-corrected chi connectivity index (χ4v) is 4.01. The lowest BCUT2D eigenvalue weighted by Crippen LogP contribution is -2.50. The molecular weight excluding hydrogens is 366 g/mol. The zero-order chi connectivity index (χ0) is 19.8. The first-order valence-electron chi connectivity index (χ1n) is 10.1. The minimum absolute atomic E-state index is 0.184. The number of aromatic nitrogens is 2. The number of fused-ring (bicyclic) bond motifs is 1. The van der Waals surface area contributed by atoms with Gasteiger partial charge in [-0.15, -0.1) is 0 Å². The summed E-state index contributed by atoms with van der Waals surface area (Å²) in [6.45, 7) is 2.86. The SMILES string of the molecule is CN1CCC[C@@H]1c1cc2cnc(NC(=O)c3ccc(OC4CNC4)cc3)cc2[nH]1. The second-order valence-corrected chi connectivity index (χ2v) is 7.90. The Balaban J connectivity index is 1.28. The molecule has 0 aliphatic carbocycles. The summed E-state index contributed by atoms with van der Waals surface area (Å²) in [5.74, 6) is 1.14. The molecule has 0 saturated carbocycles. The number of ether oxygens (including phenoxy) is 1. The van der Waals surface area contributed by atoms with Crippen molar-refractivity contribution in [2.75, 3.05) is 32.0 Å². The molecule has 7 nitrogen and oxygen atoms in total. The van der Waals surface area contributed by atoms with Crippen LogP contribution in [-0.4, -0.2) is 53.6 Å². The van der Waals surface area contributed by atoms with Crippen LogP contribution >= 0.6 is 0 Å². The van der Waals surface area contributed by atoms with Crippen molar-refractivity contribution in [3.8, 4) is 5.75 Å². The fraction of sp³-hybridized carbons (Fsp3) is 0.364. The van der Waals surface area contributed by atoms with Crippen LogP contribution in [0.4, 0.5) is 5.82 Å². The van der Waals surface area contributed by atoms with Gasteiger partial charge in [-0.1, -0.05) is 0 Å². The van der Waals surface area contributed by atoms with Gasteiger partial charge in [-0.25, -0.2) is 4.98 Å². The summed E-state index contributed by atoms with van der Waals surface area (Å²) in [5, 5.41) is 7.12. The number of aromatic amines is 1. The summed E-state index contributed by atoms with van der Waals surface area (Å²) in [5.41, 5.74) is 2.77. The molecule has 7 heteroatoms. The van der Waals surface area contributed by atoms with Crippen LogP contribution in [0.2, 0.25) is 0 Å². The molecule has 0 bridgehead atoms. The molecule has 2 fully saturated rings. The molecule has 0 radical (unpaired) electrons. The number of rotatable bonds is 5. The zero-order valence-corrected chi connectivity index (χ0v) is 16.4. The van der Waals surface area contributed by atoms with E-state index < -0.39 is 0 Å². The highest BCUT2D eigenvalue weighted by Crippen LogP contribution is 2.32. The Kier molecular flexibility index (Phi) is 4.69. The number of carbonyl (C=O) groups is 1. The molecule has 0 unspecified atom stereocenters. The summed E-state index contributed by atoms with van der Waals surface area (Å²) < 4.78 is 5.79. The van der Waals surface area contributed by atoms with E-state index in [0.717, 1.165) is 42.7 Å². The predicted octanol–water partition coefficient (Wildman–Crippen LogP) is 2.93. The van der Waals surface area contributed by atoms with Crippen molar-refractivity contribution in [1.29, 1.82) is 0 Å². The normalized spacial score (nSPS) is 20.0. The van der Waals surface area contributed by atoms with Gasteiger partial charge < -0.3 is 20.4 Å². The summed E-state index contributed by atoms with van der Waals surface area (Å²) in [7, 11) is 2.16. The number of benzene rings is 1. The highest BCUT2D eigenvalue weighted by Gasteiger charge is 2.24. The third-order valence-corrected chi connectivity index (χ3v) is 5.81. The molecular formula is C22H25N5O2. The van der Waals surface area contributed by atoms with E-state index in [1.807, 2.05) is 24.4 Å². The Bertz CT molecular complexity index is 1030. The maximum absolute atomic E-state index is 12.6. The van der Waals surface area contributed by atoms with Crippen molar-refractivity contribution in [2.45, 2.75) is 25.0 Å². The van der Waals surface area contributed by atoms with Crippen molar-refractivity contribution < 1.29 is 9.53 Å². The van der Waals surface area contributed by atoms with Gasteiger partial charge in [0.1, 0.15) is 17.7 Å². The van der Waals surface area contributed by atoms with E-state index in [2.05, 4.69) is 38.6 Å². The van der Waals surface area contributed by atoms with Gasteiger partial charge in [0.2, 0.25) is 0 Å². The number of amides is 1. The number of carbonyl (C=O) groups excluding carboxylic acids is 1. The van der Waals surface area contributed by atoms with Crippen molar-refractivity contribution in [3.05, 3.63) is 53.9 Å². The van der Waals surface area contributed by atoms with Gasteiger partial charge in [-0.3, -0.25) is 9.69 Å². The van der Waals surface area contributed by atoms with Crippen LogP contribution in [0.25, 0.3) is 10.9 Å². The molecule has 1 atom stereocenters. The van der Waals surface area contributed by atoms with E-state index in [4.69, 9.17) is 4.74 Å². The average molecular weight is 391 g/mol. The van der Waals surface area contributed by atoms with Crippen LogP contribution in [0.15, 0.2) is 42.6 Å². The fourth-order valence-electron chi connectivity index (χ4n) is 4.01. The second-order valence-electron chi connectivity index (χ2n) is 7.90. The summed E-state index contributed by atoms with van der Waals surface area (Å²) in [6.07, 6.45) is 4.42. The molecule has 3 aromatic rings. The molecule has 2 aliphatic heterocycles. The van der Waals surface area contributed by atoms with Gasteiger partial charge in [-0.05, 0) is 56.8 Å². The minimum Gasteiger partial charge on any atom is -0.488 e. The minimum atomic E-state index is -0.184. The Morgan fingerprint density at radius 1 is 1.24 bits per heavy atom. The lowest BCUT2D eigenvalue weighted by atomic mass is 10.1. The molecule has 150 valence electrons. The number of H-pyrrole nitrogens is 1. The molecule has 4 heterocycles. The number of anilines is 1. The molecule has 5 rings (SSSR count). The van der Waals surface area contributed by atoms with Gasteiger partial charge in [-0.2, -0.15) is 0 Å². The van der Waals surface area contributed by atoms with Gasteiger partial charge in [0, 0.05) is 48.0 Å². The molecule has 29 heavy (non-hydrogen) atoms. The van der Waals surface area contributed by atoms with Crippen molar-refractivity contribution >= 4 is 22.6 Å². The van der Waals surface area contributed by atoms with Gasteiger partial charge in [0.05, 0.1) is 5.52 Å². The van der Waals surface area contributed by atoms with Crippen LogP contribution in [0.3, 0.4) is 0 Å². The number of hydrogen-bond donors (Lipinski definition) is 3. The van der Waals surface area contributed by atoms with Gasteiger partial charge in [0.25, 0.3) is 5.91 Å². The van der Waals surface area contributed by atoms with Crippen molar-refractivity contribution in [2.24, 2.45) is 0 Å². The van der Waals surface area contributed by atoms with Crippen molar-refractivity contribution in [3.63, 3.8) is 0 Å². The number of hydrogen-bond acceptors (Lipinski definition) is 5. The van der Waals surface area contributed by atoms with Crippen LogP contribution in [-0.2, 0) is 0 Å². The largest absolute Gasteiger partial charge is 0.488 e. The molecule has 0 spiro atoms. The molecule has 1 amide bonds. The lowest BCUT2D eigenvalue weighted by Gasteiger charge is -2.27. The third kappa shape index (κ3) is 3.71. The first-order chi connectivity index (χ1) is 14.2. The third-order valence-electron chi connectivity index (χ3n) is 5.81. The Morgan fingerprint density at radius 2 is 2.07 bits per heavy atom. The molecule has 2 aromatic heterocycles. The van der Waals surface area contributed by atoms with Crippen LogP contribution in [0, 0.1) is 0 Å². The molecule has 2 saturated heterocycles. The predicted molar refractivity (Wildman–Crippen MR) is 112 cm³/mol. The molecule has 3 N–H and O–H groups in total. The first kappa shape index (κ1) is 18.1. The summed E-state index contributed by atoms with van der Waals surface area (Å²) >= 11 is 0. The summed E-state index contributed by atoms with van der Waals surface area (Å²) in [4.78, 5) is 22.9. The average Bonchev–Trinajstić information content (AvgIpc) is 3.30. The van der Waals surface area contributed by atoms with E-state index in [9.17, 15) is 4.79 Å². The van der Waals surface area contributed by atoms with E-state index >= 15 is 0 Å². The topological polar surface area (TPSA) is 82.3 Å². The maximum atomic E-state index is 12.6. The van der Waals surface area contributed by atoms with E-state index in [1.54, 1.807) is 12.1 Å². The summed E-state index contributed by atoms with van der Waals surface area (Å²) in [6, 6.07) is 11.7. The Hall–Kier alpha value is -2.90. The van der Waals surface area contributed by atoms with Gasteiger partial charge in [0.15, 0.2) is 0 Å². The first-order valence-corrected chi connectivity index (χ1v) is 10.1. The highest BCUT2D eigenvalue weighted by molar-refractivity contribution is 6.04. The number of likely N-dealkylation sites (tertiary alicyclic amines) is 1. The Morgan fingerprint density at radius 3 is 2.76 bits per heavy atom. The number of pyridine rings is 1. The van der Waals surface area contributed by atoms with Gasteiger partial charge >= 0.3 is 0 Å². The quantitative estimate of drug-likeness (QED) is 0.623. The van der Waals surface area contributed by atoms with Crippen LogP contribution in [0.5, 0.6) is 5.75 Å². The lowest BCUT2D eigenvalue weighted by molar-refractivity contribution is 0.102. The number of nitrogens with one attached hydrogen (secondary N) is 3. The zero-order valence-electron chi connectivity index (χ0n) is 16.4. The van der Waals surface area contributed by atoms with Crippen LogP contribution < -0.4 is 15.4 Å². The monoisotopic (exact) mass is 391 g/mol. The maximum Gasteiger partial charge on any atom is 0.256 e. The van der Waals surface area contributed by atoms with E-state index in [-0.39, 0.29) is 12.0 Å². The highest BCUT2D eigenvalue weighted by atomic mass is 16.5. The standard InChI is InChI=1S/C22H25N5O2/c1-27-8-2-3-20(27)19-9-15-11-24-21(10-18(15)25-19)26-22(28)14-4-6-16(7-5-14)29-17-12-23-13-17/h4-7,9-11,17,20,23,25H,2-3,8,12-13H2,1H3,(H,24,26,28)/t20-/m1/s1. The molecule has 2 aliphatic rings. The van der Waals surface area contributed by atoms with E-state index in [1.165, 1.54) is 12.1 Å². The van der Waals surface area contributed by atoms with Crippen molar-refractivity contribution in [1.82, 2.24) is 20.2 Å².